The van der Waals surface area contributed by atoms with Crippen LogP contribution in [0.1, 0.15) is 11.7 Å². The molecule has 4 nitrogen and oxygen atoms in total. The Hall–Kier alpha value is -1.44. The van der Waals surface area contributed by atoms with Crippen molar-refractivity contribution in [2.75, 3.05) is 13.1 Å². The van der Waals surface area contributed by atoms with E-state index in [9.17, 15) is 0 Å². The van der Waals surface area contributed by atoms with E-state index < -0.39 is 0 Å². The molecule has 1 fully saturated rings. The highest BCUT2D eigenvalue weighted by molar-refractivity contribution is 5.17. The summed E-state index contributed by atoms with van der Waals surface area (Å²) < 4.78 is 0. The van der Waals surface area contributed by atoms with E-state index in [1.165, 1.54) is 0 Å². The van der Waals surface area contributed by atoms with E-state index in [2.05, 4.69) is 11.1 Å². The van der Waals surface area contributed by atoms with Crippen molar-refractivity contribution in [1.29, 1.82) is 5.26 Å². The smallest absolute Gasteiger partial charge is 0.141 e. The Morgan fingerprint density at radius 3 is 2.86 bits per heavy atom. The molecule has 0 aliphatic carbocycles. The summed E-state index contributed by atoms with van der Waals surface area (Å²) in [6.45, 7) is 1.13. The van der Waals surface area contributed by atoms with Gasteiger partial charge in [0.1, 0.15) is 6.04 Å². The topological polar surface area (TPSA) is 60.2 Å². The number of hydrogen-bond donors (Lipinski definition) is 1. The standard InChI is InChI=1S/C10H11N3O/c11-5-10(13-6-8(14)7-13)9-3-1-2-4-12-9/h1-4,8,10,14H,6-7H2/t10-/m1/s1. The number of rotatable bonds is 2. The van der Waals surface area contributed by atoms with Gasteiger partial charge in [-0.05, 0) is 12.1 Å². The number of nitriles is 1. The molecule has 0 aromatic carbocycles. The van der Waals surface area contributed by atoms with Gasteiger partial charge in [0.15, 0.2) is 0 Å². The maximum absolute atomic E-state index is 9.14. The van der Waals surface area contributed by atoms with E-state index in [-0.39, 0.29) is 12.1 Å². The van der Waals surface area contributed by atoms with Gasteiger partial charge in [-0.3, -0.25) is 9.88 Å². The maximum Gasteiger partial charge on any atom is 0.141 e. The monoisotopic (exact) mass is 189 g/mol. The first kappa shape index (κ1) is 9.13. The zero-order chi connectivity index (χ0) is 9.97. The molecule has 2 rings (SSSR count). The molecule has 1 N–H and O–H groups in total. The third-order valence-corrected chi connectivity index (χ3v) is 2.35. The molecule has 2 heterocycles. The molecular weight excluding hydrogens is 178 g/mol. The minimum absolute atomic E-state index is 0.283. The molecule has 0 amide bonds. The van der Waals surface area contributed by atoms with E-state index in [0.29, 0.717) is 13.1 Å². The molecule has 14 heavy (non-hydrogen) atoms. The molecule has 1 aromatic heterocycles. The summed E-state index contributed by atoms with van der Waals surface area (Å²) in [5, 5.41) is 18.1. The van der Waals surface area contributed by atoms with Crippen molar-refractivity contribution in [3.8, 4) is 6.07 Å². The van der Waals surface area contributed by atoms with E-state index in [0.717, 1.165) is 5.69 Å². The lowest BCUT2D eigenvalue weighted by Gasteiger charge is -2.38. The number of aliphatic hydroxyl groups is 1. The Morgan fingerprint density at radius 2 is 2.36 bits per heavy atom. The van der Waals surface area contributed by atoms with Crippen LogP contribution in [0.15, 0.2) is 24.4 Å². The van der Waals surface area contributed by atoms with Gasteiger partial charge in [-0.1, -0.05) is 6.07 Å². The first-order chi connectivity index (χ1) is 6.81. The minimum atomic E-state index is -0.320. The van der Waals surface area contributed by atoms with Gasteiger partial charge in [-0.2, -0.15) is 5.26 Å². The van der Waals surface area contributed by atoms with Crippen LogP contribution in [0.5, 0.6) is 0 Å². The van der Waals surface area contributed by atoms with Gasteiger partial charge in [0.25, 0.3) is 0 Å². The highest BCUT2D eigenvalue weighted by Crippen LogP contribution is 2.23. The first-order valence-corrected chi connectivity index (χ1v) is 4.54. The van der Waals surface area contributed by atoms with Gasteiger partial charge < -0.3 is 5.11 Å². The summed E-state index contributed by atoms with van der Waals surface area (Å²) >= 11 is 0. The van der Waals surface area contributed by atoms with Crippen molar-refractivity contribution in [2.45, 2.75) is 12.1 Å². The predicted molar refractivity (Wildman–Crippen MR) is 50.2 cm³/mol. The van der Waals surface area contributed by atoms with Crippen LogP contribution in [0.2, 0.25) is 0 Å². The average Bonchev–Trinajstić information content (AvgIpc) is 2.18. The summed E-state index contributed by atoms with van der Waals surface area (Å²) in [6.07, 6.45) is 1.39. The Balaban J connectivity index is 2.12. The second-order valence-corrected chi connectivity index (χ2v) is 3.39. The molecule has 1 aliphatic rings. The Kier molecular flexibility index (Phi) is 2.44. The van der Waals surface area contributed by atoms with Crippen molar-refractivity contribution in [2.24, 2.45) is 0 Å². The summed E-state index contributed by atoms with van der Waals surface area (Å²) in [7, 11) is 0. The Morgan fingerprint density at radius 1 is 1.57 bits per heavy atom. The minimum Gasteiger partial charge on any atom is -0.390 e. The molecule has 4 heteroatoms. The van der Waals surface area contributed by atoms with Crippen LogP contribution in [0.4, 0.5) is 0 Å². The molecule has 1 aliphatic heterocycles. The van der Waals surface area contributed by atoms with Gasteiger partial charge >= 0.3 is 0 Å². The van der Waals surface area contributed by atoms with Crippen LogP contribution in [0.25, 0.3) is 0 Å². The van der Waals surface area contributed by atoms with Gasteiger partial charge in [0.2, 0.25) is 0 Å². The fourth-order valence-electron chi connectivity index (χ4n) is 1.57. The van der Waals surface area contributed by atoms with Crippen molar-refractivity contribution in [3.05, 3.63) is 30.1 Å². The SMILES string of the molecule is N#C[C@H](c1ccccn1)N1CC(O)C1. The van der Waals surface area contributed by atoms with Crippen molar-refractivity contribution >= 4 is 0 Å². The third kappa shape index (κ3) is 1.60. The second-order valence-electron chi connectivity index (χ2n) is 3.39. The highest BCUT2D eigenvalue weighted by Gasteiger charge is 2.32. The zero-order valence-corrected chi connectivity index (χ0v) is 7.67. The molecule has 72 valence electrons. The fourth-order valence-corrected chi connectivity index (χ4v) is 1.57. The molecule has 0 bridgehead atoms. The van der Waals surface area contributed by atoms with E-state index in [1.807, 2.05) is 23.1 Å². The number of likely N-dealkylation sites (tertiary alicyclic amines) is 1. The van der Waals surface area contributed by atoms with Crippen LogP contribution >= 0.6 is 0 Å². The molecule has 0 radical (unpaired) electrons. The highest BCUT2D eigenvalue weighted by atomic mass is 16.3. The lowest BCUT2D eigenvalue weighted by molar-refractivity contribution is -0.0135. The Labute approximate surface area is 82.4 Å². The van der Waals surface area contributed by atoms with E-state index >= 15 is 0 Å². The molecule has 0 saturated carbocycles. The van der Waals surface area contributed by atoms with Gasteiger partial charge in [0.05, 0.1) is 17.9 Å². The average molecular weight is 189 g/mol. The molecule has 1 atom stereocenters. The number of β-amino-alcohol motifs (C(OH)–C–C–N with tert-alkyl or cyclic N) is 1. The van der Waals surface area contributed by atoms with Gasteiger partial charge in [-0.15, -0.1) is 0 Å². The number of aromatic nitrogens is 1. The molecular formula is C10H11N3O. The molecule has 0 unspecified atom stereocenters. The summed E-state index contributed by atoms with van der Waals surface area (Å²) in [5.74, 6) is 0. The summed E-state index contributed by atoms with van der Waals surface area (Å²) in [6, 6.07) is 7.39. The lowest BCUT2D eigenvalue weighted by Crippen LogP contribution is -2.51. The van der Waals surface area contributed by atoms with E-state index in [4.69, 9.17) is 10.4 Å². The summed E-state index contributed by atoms with van der Waals surface area (Å²) in [5.41, 5.74) is 0.752. The number of hydrogen-bond acceptors (Lipinski definition) is 4. The van der Waals surface area contributed by atoms with Crippen LogP contribution in [0.3, 0.4) is 0 Å². The quantitative estimate of drug-likeness (QED) is 0.728. The molecule has 0 spiro atoms. The van der Waals surface area contributed by atoms with Crippen molar-refractivity contribution < 1.29 is 5.11 Å². The molecule has 1 aromatic rings. The van der Waals surface area contributed by atoms with Crippen molar-refractivity contribution in [3.63, 3.8) is 0 Å². The normalized spacial score (nSPS) is 19.7. The van der Waals surface area contributed by atoms with Gasteiger partial charge in [0, 0.05) is 19.3 Å². The van der Waals surface area contributed by atoms with Crippen LogP contribution in [0, 0.1) is 11.3 Å². The largest absolute Gasteiger partial charge is 0.390 e. The van der Waals surface area contributed by atoms with Crippen LogP contribution in [-0.2, 0) is 0 Å². The van der Waals surface area contributed by atoms with Crippen molar-refractivity contribution in [1.82, 2.24) is 9.88 Å². The van der Waals surface area contributed by atoms with Crippen LogP contribution < -0.4 is 0 Å². The third-order valence-electron chi connectivity index (χ3n) is 2.35. The summed E-state index contributed by atoms with van der Waals surface area (Å²) in [4.78, 5) is 6.04. The maximum atomic E-state index is 9.14. The lowest BCUT2D eigenvalue weighted by atomic mass is 10.1. The second kappa shape index (κ2) is 3.74. The number of nitrogens with zero attached hydrogens (tertiary/aromatic N) is 3. The zero-order valence-electron chi connectivity index (χ0n) is 7.67. The van der Waals surface area contributed by atoms with E-state index in [1.54, 1.807) is 6.20 Å². The first-order valence-electron chi connectivity index (χ1n) is 4.54. The number of pyridine rings is 1. The predicted octanol–water partition coefficient (Wildman–Crippen LogP) is 0.323. The van der Waals surface area contributed by atoms with Gasteiger partial charge in [-0.25, -0.2) is 0 Å². The number of aliphatic hydroxyl groups excluding tert-OH is 1. The van der Waals surface area contributed by atoms with Crippen LogP contribution in [-0.4, -0.2) is 34.2 Å². The molecule has 1 saturated heterocycles. The Bertz CT molecular complexity index is 340. The fraction of sp³-hybridized carbons (Fsp3) is 0.400.